The number of aromatic nitrogens is 3. The number of hydrogen-bond donors (Lipinski definition) is 0. The summed E-state index contributed by atoms with van der Waals surface area (Å²) in [6, 6.07) is 17.8. The summed E-state index contributed by atoms with van der Waals surface area (Å²) in [6.07, 6.45) is 1.77. The molecule has 26 heavy (non-hydrogen) atoms. The van der Waals surface area contributed by atoms with Crippen molar-refractivity contribution in [2.24, 2.45) is 0 Å². The van der Waals surface area contributed by atoms with Gasteiger partial charge in [-0.05, 0) is 43.3 Å². The summed E-state index contributed by atoms with van der Waals surface area (Å²) in [7, 11) is 0. The minimum atomic E-state index is -0.350. The van der Waals surface area contributed by atoms with Gasteiger partial charge in [-0.2, -0.15) is 0 Å². The number of rotatable bonds is 4. The minimum absolute atomic E-state index is 0.350. The Labute approximate surface area is 150 Å². The summed E-state index contributed by atoms with van der Waals surface area (Å²) in [5.41, 5.74) is 2.33. The van der Waals surface area contributed by atoms with Gasteiger partial charge in [0.25, 0.3) is 0 Å². The predicted molar refractivity (Wildman–Crippen MR) is 99.3 cm³/mol. The van der Waals surface area contributed by atoms with Crippen LogP contribution in [-0.4, -0.2) is 21.6 Å². The monoisotopic (exact) mass is 345 g/mol. The Kier molecular flexibility index (Phi) is 4.27. The first kappa shape index (κ1) is 16.1. The smallest absolute Gasteiger partial charge is 0.178 e. The van der Waals surface area contributed by atoms with E-state index in [2.05, 4.69) is 15.0 Å². The average molecular weight is 345 g/mol. The molecule has 0 N–H and O–H groups in total. The van der Waals surface area contributed by atoms with Crippen molar-refractivity contribution in [2.75, 3.05) is 6.61 Å². The Morgan fingerprint density at radius 3 is 2.65 bits per heavy atom. The molecule has 0 radical (unpaired) electrons. The maximum Gasteiger partial charge on any atom is 0.178 e. The quantitative estimate of drug-likeness (QED) is 0.528. The molecular weight excluding hydrogens is 329 g/mol. The molecule has 2 heterocycles. The molecule has 5 heteroatoms. The summed E-state index contributed by atoms with van der Waals surface area (Å²) >= 11 is 0. The lowest BCUT2D eigenvalue weighted by Gasteiger charge is -2.08. The maximum atomic E-state index is 14.3. The minimum Gasteiger partial charge on any atom is -0.494 e. The number of nitrogens with zero attached hydrogens (tertiary/aromatic N) is 3. The van der Waals surface area contributed by atoms with Crippen LogP contribution in [0.3, 0.4) is 0 Å². The molecule has 128 valence electrons. The highest BCUT2D eigenvalue weighted by atomic mass is 19.1. The van der Waals surface area contributed by atoms with E-state index >= 15 is 0 Å². The summed E-state index contributed by atoms with van der Waals surface area (Å²) in [6.45, 7) is 2.41. The Bertz CT molecular complexity index is 1080. The standard InChI is InChI=1S/C21H16FN3O/c1-2-26-15-10-11-17(22)16(12-15)19-8-5-9-20(24-19)21-23-13-14-6-3-4-7-18(14)25-21/h3-13H,2H2,1H3. The summed E-state index contributed by atoms with van der Waals surface area (Å²) in [5.74, 6) is 0.766. The first-order chi connectivity index (χ1) is 12.7. The molecule has 0 saturated carbocycles. The molecule has 0 aliphatic rings. The van der Waals surface area contributed by atoms with E-state index in [1.54, 1.807) is 24.4 Å². The van der Waals surface area contributed by atoms with Gasteiger partial charge < -0.3 is 4.74 Å². The maximum absolute atomic E-state index is 14.3. The molecule has 2 aromatic carbocycles. The van der Waals surface area contributed by atoms with Crippen LogP contribution in [0.5, 0.6) is 5.75 Å². The van der Waals surface area contributed by atoms with Crippen LogP contribution in [0, 0.1) is 5.82 Å². The van der Waals surface area contributed by atoms with Gasteiger partial charge in [-0.3, -0.25) is 0 Å². The second-order valence-electron chi connectivity index (χ2n) is 5.74. The lowest BCUT2D eigenvalue weighted by atomic mass is 10.1. The van der Waals surface area contributed by atoms with Gasteiger partial charge in [0.1, 0.15) is 17.3 Å². The average Bonchev–Trinajstić information content (AvgIpc) is 2.69. The fraction of sp³-hybridized carbons (Fsp3) is 0.0952. The van der Waals surface area contributed by atoms with Crippen molar-refractivity contribution in [3.63, 3.8) is 0 Å². The second kappa shape index (κ2) is 6.88. The van der Waals surface area contributed by atoms with E-state index in [9.17, 15) is 4.39 Å². The van der Waals surface area contributed by atoms with Crippen LogP contribution >= 0.6 is 0 Å². The van der Waals surface area contributed by atoms with Crippen LogP contribution in [0.4, 0.5) is 4.39 Å². The molecule has 0 bridgehead atoms. The zero-order valence-electron chi connectivity index (χ0n) is 14.2. The van der Waals surface area contributed by atoms with Crippen molar-refractivity contribution in [1.82, 2.24) is 15.0 Å². The van der Waals surface area contributed by atoms with Gasteiger partial charge in [-0.15, -0.1) is 0 Å². The number of hydrogen-bond acceptors (Lipinski definition) is 4. The van der Waals surface area contributed by atoms with Crippen molar-refractivity contribution < 1.29 is 9.13 Å². The molecule has 4 aromatic rings. The molecule has 4 nitrogen and oxygen atoms in total. The predicted octanol–water partition coefficient (Wildman–Crippen LogP) is 4.90. The fourth-order valence-corrected chi connectivity index (χ4v) is 2.76. The molecule has 0 atom stereocenters. The molecule has 4 rings (SSSR count). The molecule has 0 spiro atoms. The SMILES string of the molecule is CCOc1ccc(F)c(-c2cccc(-c3ncc4ccccc4n3)n2)c1. The first-order valence-electron chi connectivity index (χ1n) is 8.36. The van der Waals surface area contributed by atoms with E-state index in [0.29, 0.717) is 35.1 Å². The topological polar surface area (TPSA) is 47.9 Å². The summed E-state index contributed by atoms with van der Waals surface area (Å²) in [4.78, 5) is 13.5. The third-order valence-corrected chi connectivity index (χ3v) is 3.99. The number of halogens is 1. The van der Waals surface area contributed by atoms with Gasteiger partial charge in [0, 0.05) is 17.1 Å². The van der Waals surface area contributed by atoms with Gasteiger partial charge in [0.2, 0.25) is 0 Å². The van der Waals surface area contributed by atoms with Crippen molar-refractivity contribution in [1.29, 1.82) is 0 Å². The van der Waals surface area contributed by atoms with Gasteiger partial charge >= 0.3 is 0 Å². The lowest BCUT2D eigenvalue weighted by Crippen LogP contribution is -1.96. The number of para-hydroxylation sites is 1. The number of ether oxygens (including phenoxy) is 1. The Morgan fingerprint density at radius 2 is 1.77 bits per heavy atom. The van der Waals surface area contributed by atoms with E-state index in [1.807, 2.05) is 43.3 Å². The van der Waals surface area contributed by atoms with Gasteiger partial charge in [-0.1, -0.05) is 24.3 Å². The normalized spacial score (nSPS) is 10.8. The molecular formula is C21H16FN3O. The highest BCUT2D eigenvalue weighted by molar-refractivity contribution is 5.79. The first-order valence-corrected chi connectivity index (χ1v) is 8.36. The van der Waals surface area contributed by atoms with E-state index in [-0.39, 0.29) is 5.82 Å². The third-order valence-electron chi connectivity index (χ3n) is 3.99. The Balaban J connectivity index is 1.78. The third kappa shape index (κ3) is 3.11. The number of fused-ring (bicyclic) bond motifs is 1. The van der Waals surface area contributed by atoms with Crippen molar-refractivity contribution in [2.45, 2.75) is 6.92 Å². The molecule has 2 aromatic heterocycles. The van der Waals surface area contributed by atoms with E-state index < -0.39 is 0 Å². The Morgan fingerprint density at radius 1 is 0.923 bits per heavy atom. The number of benzene rings is 2. The van der Waals surface area contributed by atoms with Crippen molar-refractivity contribution in [3.05, 3.63) is 72.7 Å². The fourth-order valence-electron chi connectivity index (χ4n) is 2.76. The van der Waals surface area contributed by atoms with Crippen LogP contribution in [0.1, 0.15) is 6.92 Å². The van der Waals surface area contributed by atoms with Crippen molar-refractivity contribution in [3.8, 4) is 28.5 Å². The van der Waals surface area contributed by atoms with Gasteiger partial charge in [-0.25, -0.2) is 19.3 Å². The summed E-state index contributed by atoms with van der Waals surface area (Å²) < 4.78 is 19.8. The molecule has 0 saturated heterocycles. The van der Waals surface area contributed by atoms with E-state index in [1.165, 1.54) is 6.07 Å². The molecule has 0 amide bonds. The highest BCUT2D eigenvalue weighted by Gasteiger charge is 2.11. The highest BCUT2D eigenvalue weighted by Crippen LogP contribution is 2.27. The van der Waals surface area contributed by atoms with Crippen LogP contribution in [0.2, 0.25) is 0 Å². The van der Waals surface area contributed by atoms with Crippen LogP contribution < -0.4 is 4.74 Å². The van der Waals surface area contributed by atoms with Gasteiger partial charge in [0.15, 0.2) is 5.82 Å². The Hall–Kier alpha value is -3.34. The largest absolute Gasteiger partial charge is 0.494 e. The van der Waals surface area contributed by atoms with Crippen LogP contribution in [0.25, 0.3) is 33.7 Å². The van der Waals surface area contributed by atoms with Crippen molar-refractivity contribution >= 4 is 10.9 Å². The molecule has 0 fully saturated rings. The van der Waals surface area contributed by atoms with Crippen LogP contribution in [0.15, 0.2) is 66.9 Å². The second-order valence-corrected chi connectivity index (χ2v) is 5.74. The lowest BCUT2D eigenvalue weighted by molar-refractivity contribution is 0.340. The van der Waals surface area contributed by atoms with E-state index in [0.717, 1.165) is 10.9 Å². The molecule has 0 aliphatic heterocycles. The zero-order valence-corrected chi connectivity index (χ0v) is 14.2. The zero-order chi connectivity index (χ0) is 17.9. The van der Waals surface area contributed by atoms with Gasteiger partial charge in [0.05, 0.1) is 17.8 Å². The number of pyridine rings is 1. The molecule has 0 aliphatic carbocycles. The summed E-state index contributed by atoms with van der Waals surface area (Å²) in [5, 5.41) is 0.961. The molecule has 0 unspecified atom stereocenters. The van der Waals surface area contributed by atoms with E-state index in [4.69, 9.17) is 4.74 Å². The van der Waals surface area contributed by atoms with Crippen LogP contribution in [-0.2, 0) is 0 Å².